The summed E-state index contributed by atoms with van der Waals surface area (Å²) in [7, 11) is 3.06. The van der Waals surface area contributed by atoms with Gasteiger partial charge in [0.05, 0.1) is 36.8 Å². The Morgan fingerprint density at radius 2 is 2.00 bits per heavy atom. The first-order valence-corrected chi connectivity index (χ1v) is 11.1. The smallest absolute Gasteiger partial charge is 0.417 e. The minimum atomic E-state index is -4.70. The number of methoxy groups -OCH3 is 2. The molecule has 1 amide bonds. The number of aromatic nitrogens is 2. The number of benzene rings is 1. The van der Waals surface area contributed by atoms with Crippen LogP contribution in [0, 0.1) is 18.3 Å². The summed E-state index contributed by atoms with van der Waals surface area (Å²) in [6.07, 6.45) is -4.70. The van der Waals surface area contributed by atoms with E-state index in [1.165, 1.54) is 25.4 Å². The molecule has 0 unspecified atom stereocenters. The fourth-order valence-corrected chi connectivity index (χ4v) is 4.41. The molecule has 1 aromatic carbocycles. The van der Waals surface area contributed by atoms with E-state index in [9.17, 15) is 23.2 Å². The quantitative estimate of drug-likeness (QED) is 0.454. The fraction of sp³-hybridized carbons (Fsp3) is 0.238. The van der Waals surface area contributed by atoms with E-state index in [-0.39, 0.29) is 16.5 Å². The van der Waals surface area contributed by atoms with E-state index in [1.54, 1.807) is 36.8 Å². The predicted molar refractivity (Wildman–Crippen MR) is 119 cm³/mol. The number of aryl methyl sites for hydroxylation is 1. The average Bonchev–Trinajstić information content (AvgIpc) is 3.24. The van der Waals surface area contributed by atoms with Crippen molar-refractivity contribution in [3.05, 3.63) is 46.5 Å². The van der Waals surface area contributed by atoms with Crippen molar-refractivity contribution >= 4 is 34.1 Å². The molecule has 2 heterocycles. The molecule has 33 heavy (non-hydrogen) atoms. The number of nitriles is 1. The largest absolute Gasteiger partial charge is 0.497 e. The van der Waals surface area contributed by atoms with Crippen LogP contribution in [-0.4, -0.2) is 35.8 Å². The van der Waals surface area contributed by atoms with Gasteiger partial charge in [0, 0.05) is 22.7 Å². The lowest BCUT2D eigenvalue weighted by molar-refractivity contribution is -0.138. The highest BCUT2D eigenvalue weighted by Gasteiger charge is 2.35. The Labute approximate surface area is 195 Å². The number of ether oxygens (including phenoxy) is 2. The zero-order chi connectivity index (χ0) is 24.2. The second kappa shape index (κ2) is 10.1. The number of rotatable bonds is 7. The summed E-state index contributed by atoms with van der Waals surface area (Å²) in [5.74, 6) is 0.418. The molecule has 3 rings (SSSR count). The Balaban J connectivity index is 1.72. The topological polar surface area (TPSA) is 97.1 Å². The van der Waals surface area contributed by atoms with Crippen LogP contribution in [0.15, 0.2) is 34.7 Å². The Morgan fingerprint density at radius 3 is 2.64 bits per heavy atom. The molecule has 3 aromatic rings. The number of hydrogen-bond acceptors (Lipinski definition) is 8. The second-order valence-corrected chi connectivity index (χ2v) is 8.36. The number of carbonyl (C=O) groups is 1. The second-order valence-electron chi connectivity index (χ2n) is 6.54. The van der Waals surface area contributed by atoms with Gasteiger partial charge in [0.25, 0.3) is 0 Å². The summed E-state index contributed by atoms with van der Waals surface area (Å²) in [6, 6.07) is 7.60. The molecule has 0 spiro atoms. The Hall–Kier alpha value is -3.30. The van der Waals surface area contributed by atoms with Crippen LogP contribution in [0.2, 0.25) is 0 Å². The highest BCUT2D eigenvalue weighted by molar-refractivity contribution is 8.00. The Kier molecular flexibility index (Phi) is 7.45. The molecular formula is C21H17F3N4O3S2. The minimum Gasteiger partial charge on any atom is -0.497 e. The summed E-state index contributed by atoms with van der Waals surface area (Å²) in [5.41, 5.74) is -0.300. The number of nitrogens with zero attached hydrogens (tertiary/aromatic N) is 3. The molecule has 2 aromatic heterocycles. The molecule has 0 saturated carbocycles. The Bertz CT molecular complexity index is 1220. The highest BCUT2D eigenvalue weighted by Crippen LogP contribution is 2.37. The monoisotopic (exact) mass is 494 g/mol. The van der Waals surface area contributed by atoms with E-state index in [1.807, 2.05) is 0 Å². The first-order valence-electron chi connectivity index (χ1n) is 9.25. The van der Waals surface area contributed by atoms with E-state index < -0.39 is 23.2 Å². The van der Waals surface area contributed by atoms with Crippen LogP contribution in [0.5, 0.6) is 11.5 Å². The normalized spacial score (nSPS) is 11.1. The van der Waals surface area contributed by atoms with Gasteiger partial charge in [0.15, 0.2) is 5.13 Å². The molecule has 0 bridgehead atoms. The molecular weight excluding hydrogens is 477 g/mol. The van der Waals surface area contributed by atoms with E-state index in [0.717, 1.165) is 17.8 Å². The number of hydrogen-bond donors (Lipinski definition) is 1. The maximum Gasteiger partial charge on any atom is 0.417 e. The van der Waals surface area contributed by atoms with Crippen LogP contribution in [0.3, 0.4) is 0 Å². The molecule has 0 aliphatic heterocycles. The average molecular weight is 495 g/mol. The van der Waals surface area contributed by atoms with Crippen LogP contribution >= 0.6 is 23.1 Å². The molecule has 12 heteroatoms. The predicted octanol–water partition coefficient (Wildman–Crippen LogP) is 5.15. The van der Waals surface area contributed by atoms with Gasteiger partial charge >= 0.3 is 6.18 Å². The van der Waals surface area contributed by atoms with Crippen molar-refractivity contribution in [2.75, 3.05) is 25.3 Å². The molecule has 172 valence electrons. The van der Waals surface area contributed by atoms with Crippen molar-refractivity contribution in [3.8, 4) is 28.8 Å². The van der Waals surface area contributed by atoms with Crippen molar-refractivity contribution in [3.63, 3.8) is 0 Å². The zero-order valence-electron chi connectivity index (χ0n) is 17.6. The summed E-state index contributed by atoms with van der Waals surface area (Å²) < 4.78 is 50.2. The summed E-state index contributed by atoms with van der Waals surface area (Å²) in [4.78, 5) is 20.7. The van der Waals surface area contributed by atoms with Crippen LogP contribution < -0.4 is 14.8 Å². The van der Waals surface area contributed by atoms with Gasteiger partial charge in [-0.15, -0.1) is 11.3 Å². The molecule has 0 fully saturated rings. The number of nitrogens with one attached hydrogen (secondary N) is 1. The number of alkyl halides is 3. The van der Waals surface area contributed by atoms with E-state index in [2.05, 4.69) is 15.3 Å². The van der Waals surface area contributed by atoms with E-state index in [4.69, 9.17) is 9.47 Å². The van der Waals surface area contributed by atoms with Crippen molar-refractivity contribution in [2.45, 2.75) is 18.1 Å². The van der Waals surface area contributed by atoms with Gasteiger partial charge in [0.2, 0.25) is 5.91 Å². The lowest BCUT2D eigenvalue weighted by Crippen LogP contribution is -2.15. The number of pyridine rings is 1. The van der Waals surface area contributed by atoms with Crippen molar-refractivity contribution in [2.24, 2.45) is 0 Å². The first kappa shape index (κ1) is 24.3. The van der Waals surface area contributed by atoms with Crippen LogP contribution in [0.1, 0.15) is 16.8 Å². The van der Waals surface area contributed by atoms with E-state index in [0.29, 0.717) is 27.9 Å². The SMILES string of the molecule is COc1ccc(-c2csc(NC(=O)CSc3nc(C)cc(C(F)(F)F)c3C#N)n2)c(OC)c1. The van der Waals surface area contributed by atoms with Crippen molar-refractivity contribution in [1.82, 2.24) is 9.97 Å². The van der Waals surface area contributed by atoms with E-state index >= 15 is 0 Å². The Morgan fingerprint density at radius 1 is 1.24 bits per heavy atom. The standard InChI is InChI=1S/C21H17F3N4O3S2/c1-11-6-15(21(22,23)24)14(8-25)19(26-11)32-10-18(29)28-20-27-16(9-33-20)13-5-4-12(30-2)7-17(13)31-3/h4-7,9H,10H2,1-3H3,(H,27,28,29). The van der Waals surface area contributed by atoms with Gasteiger partial charge in [-0.2, -0.15) is 18.4 Å². The summed E-state index contributed by atoms with van der Waals surface area (Å²) >= 11 is 1.94. The summed E-state index contributed by atoms with van der Waals surface area (Å²) in [5, 5.41) is 13.7. The van der Waals surface area contributed by atoms with Gasteiger partial charge in [-0.1, -0.05) is 11.8 Å². The lowest BCUT2D eigenvalue weighted by atomic mass is 10.1. The molecule has 0 radical (unpaired) electrons. The third kappa shape index (κ3) is 5.74. The number of amides is 1. The van der Waals surface area contributed by atoms with Gasteiger partial charge < -0.3 is 14.8 Å². The molecule has 7 nitrogen and oxygen atoms in total. The zero-order valence-corrected chi connectivity index (χ0v) is 19.2. The highest BCUT2D eigenvalue weighted by atomic mass is 32.2. The minimum absolute atomic E-state index is 0.0993. The van der Waals surface area contributed by atoms with Crippen LogP contribution in [0.4, 0.5) is 18.3 Å². The van der Waals surface area contributed by atoms with Crippen LogP contribution in [0.25, 0.3) is 11.3 Å². The number of thioether (sulfide) groups is 1. The third-order valence-electron chi connectivity index (χ3n) is 4.31. The summed E-state index contributed by atoms with van der Waals surface area (Å²) in [6.45, 7) is 1.39. The molecule has 0 saturated heterocycles. The molecule has 1 N–H and O–H groups in total. The van der Waals surface area contributed by atoms with Crippen molar-refractivity contribution < 1.29 is 27.4 Å². The van der Waals surface area contributed by atoms with Crippen molar-refractivity contribution in [1.29, 1.82) is 5.26 Å². The van der Waals surface area contributed by atoms with Crippen LogP contribution in [-0.2, 0) is 11.0 Å². The number of halogens is 3. The van der Waals surface area contributed by atoms with Gasteiger partial charge in [-0.3, -0.25) is 4.79 Å². The molecule has 0 atom stereocenters. The maximum atomic E-state index is 13.2. The van der Waals surface area contributed by atoms with Gasteiger partial charge in [-0.05, 0) is 25.1 Å². The maximum absolute atomic E-state index is 13.2. The number of thiazole rings is 1. The third-order valence-corrected chi connectivity index (χ3v) is 6.04. The molecule has 0 aliphatic carbocycles. The number of anilines is 1. The number of carbonyl (C=O) groups excluding carboxylic acids is 1. The lowest BCUT2D eigenvalue weighted by Gasteiger charge is -2.12. The van der Waals surface area contributed by atoms with Gasteiger partial charge in [0.1, 0.15) is 22.6 Å². The molecule has 0 aliphatic rings. The fourth-order valence-electron chi connectivity index (χ4n) is 2.83. The first-order chi connectivity index (χ1) is 15.7. The van der Waals surface area contributed by atoms with Gasteiger partial charge in [-0.25, -0.2) is 9.97 Å².